The number of nitrogens with zero attached hydrogens (tertiary/aromatic N) is 3. The minimum atomic E-state index is 0.460. The van der Waals surface area contributed by atoms with E-state index < -0.39 is 0 Å². The van der Waals surface area contributed by atoms with Crippen molar-refractivity contribution in [3.8, 4) is 5.82 Å². The van der Waals surface area contributed by atoms with Crippen molar-refractivity contribution in [2.75, 3.05) is 0 Å². The van der Waals surface area contributed by atoms with Crippen LogP contribution in [-0.4, -0.2) is 14.5 Å². The van der Waals surface area contributed by atoms with E-state index in [1.54, 1.807) is 6.20 Å². The van der Waals surface area contributed by atoms with Gasteiger partial charge in [-0.25, -0.2) is 9.97 Å². The van der Waals surface area contributed by atoms with E-state index in [9.17, 15) is 0 Å². The van der Waals surface area contributed by atoms with Gasteiger partial charge < -0.3 is 0 Å². The third-order valence-electron chi connectivity index (χ3n) is 2.62. The average molecular weight is 201 g/mol. The summed E-state index contributed by atoms with van der Waals surface area (Å²) >= 11 is 0. The maximum absolute atomic E-state index is 4.39. The summed E-state index contributed by atoms with van der Waals surface area (Å²) in [5.74, 6) is 2.48. The van der Waals surface area contributed by atoms with E-state index >= 15 is 0 Å². The molecule has 1 atom stereocenters. The van der Waals surface area contributed by atoms with Gasteiger partial charge >= 0.3 is 0 Å². The number of aromatic nitrogens is 3. The standard InChI is InChI=1S/C12H15N3/c1-3-10(2)12-14-8-9-15(12)11-6-4-5-7-13-11/h4-10H,3H2,1-2H3. The molecule has 2 aromatic rings. The van der Waals surface area contributed by atoms with Gasteiger partial charge in [-0.3, -0.25) is 4.57 Å². The summed E-state index contributed by atoms with van der Waals surface area (Å²) in [7, 11) is 0. The van der Waals surface area contributed by atoms with E-state index in [2.05, 4.69) is 23.8 Å². The van der Waals surface area contributed by atoms with Crippen molar-refractivity contribution in [1.82, 2.24) is 14.5 Å². The smallest absolute Gasteiger partial charge is 0.137 e. The van der Waals surface area contributed by atoms with Crippen LogP contribution in [0.5, 0.6) is 0 Å². The zero-order chi connectivity index (χ0) is 10.7. The lowest BCUT2D eigenvalue weighted by atomic mass is 10.1. The van der Waals surface area contributed by atoms with Gasteiger partial charge in [-0.05, 0) is 18.6 Å². The van der Waals surface area contributed by atoms with Gasteiger partial charge in [0.25, 0.3) is 0 Å². The Morgan fingerprint density at radius 3 is 2.80 bits per heavy atom. The third kappa shape index (κ3) is 1.91. The van der Waals surface area contributed by atoms with E-state index in [0.29, 0.717) is 5.92 Å². The SMILES string of the molecule is CCC(C)c1nccn1-c1ccccn1. The van der Waals surface area contributed by atoms with Gasteiger partial charge in [-0.1, -0.05) is 19.9 Å². The van der Waals surface area contributed by atoms with Crippen molar-refractivity contribution in [2.24, 2.45) is 0 Å². The van der Waals surface area contributed by atoms with E-state index in [0.717, 1.165) is 18.1 Å². The molecule has 0 saturated heterocycles. The molecule has 2 rings (SSSR count). The predicted octanol–water partition coefficient (Wildman–Crippen LogP) is 2.78. The lowest BCUT2D eigenvalue weighted by molar-refractivity contribution is 0.661. The summed E-state index contributed by atoms with van der Waals surface area (Å²) in [5, 5.41) is 0. The molecule has 2 aromatic heterocycles. The summed E-state index contributed by atoms with van der Waals surface area (Å²) in [6, 6.07) is 5.90. The van der Waals surface area contributed by atoms with Crippen LogP contribution in [0.25, 0.3) is 5.82 Å². The zero-order valence-electron chi connectivity index (χ0n) is 9.09. The Hall–Kier alpha value is -1.64. The molecule has 3 heteroatoms. The van der Waals surface area contributed by atoms with Crippen molar-refractivity contribution < 1.29 is 0 Å². The van der Waals surface area contributed by atoms with Crippen molar-refractivity contribution in [2.45, 2.75) is 26.2 Å². The van der Waals surface area contributed by atoms with E-state index in [-0.39, 0.29) is 0 Å². The van der Waals surface area contributed by atoms with Crippen LogP contribution in [0.3, 0.4) is 0 Å². The highest BCUT2D eigenvalue weighted by Crippen LogP contribution is 2.19. The first-order chi connectivity index (χ1) is 7.33. The lowest BCUT2D eigenvalue weighted by Gasteiger charge is -2.11. The first kappa shape index (κ1) is 9.90. The molecule has 3 nitrogen and oxygen atoms in total. The van der Waals surface area contributed by atoms with Gasteiger partial charge in [0.1, 0.15) is 11.6 Å². The van der Waals surface area contributed by atoms with Crippen LogP contribution in [-0.2, 0) is 0 Å². The molecule has 0 fully saturated rings. The Morgan fingerprint density at radius 2 is 2.13 bits per heavy atom. The number of imidazole rings is 1. The molecule has 78 valence electrons. The highest BCUT2D eigenvalue weighted by atomic mass is 15.1. The molecule has 0 aliphatic heterocycles. The van der Waals surface area contributed by atoms with Gasteiger partial charge in [0.2, 0.25) is 0 Å². The number of hydrogen-bond acceptors (Lipinski definition) is 2. The second-order valence-electron chi connectivity index (χ2n) is 3.65. The number of rotatable bonds is 3. The van der Waals surface area contributed by atoms with Crippen LogP contribution in [0, 0.1) is 0 Å². The molecule has 1 unspecified atom stereocenters. The molecule has 0 bridgehead atoms. The van der Waals surface area contributed by atoms with Crippen molar-refractivity contribution in [1.29, 1.82) is 0 Å². The average Bonchev–Trinajstić information content (AvgIpc) is 2.78. The maximum Gasteiger partial charge on any atom is 0.137 e. The highest BCUT2D eigenvalue weighted by molar-refractivity contribution is 5.24. The Kier molecular flexibility index (Phi) is 2.81. The maximum atomic E-state index is 4.39. The second kappa shape index (κ2) is 4.26. The molecule has 0 spiro atoms. The minimum Gasteiger partial charge on any atom is -0.288 e. The van der Waals surface area contributed by atoms with Crippen LogP contribution in [0.1, 0.15) is 32.0 Å². The van der Waals surface area contributed by atoms with Gasteiger partial charge in [0.05, 0.1) is 0 Å². The quantitative estimate of drug-likeness (QED) is 0.764. The number of hydrogen-bond donors (Lipinski definition) is 0. The molecule has 2 heterocycles. The molecule has 0 aromatic carbocycles. The van der Waals surface area contributed by atoms with Crippen LogP contribution in [0.4, 0.5) is 0 Å². The van der Waals surface area contributed by atoms with Crippen molar-refractivity contribution in [3.05, 3.63) is 42.6 Å². The van der Waals surface area contributed by atoms with Crippen LogP contribution >= 0.6 is 0 Å². The normalized spacial score (nSPS) is 12.7. The Labute approximate surface area is 89.8 Å². The van der Waals surface area contributed by atoms with Gasteiger partial charge in [-0.15, -0.1) is 0 Å². The fourth-order valence-corrected chi connectivity index (χ4v) is 1.55. The molecule has 0 aliphatic carbocycles. The molecule has 0 saturated carbocycles. The molecule has 0 N–H and O–H groups in total. The van der Waals surface area contributed by atoms with Crippen LogP contribution in [0.2, 0.25) is 0 Å². The summed E-state index contributed by atoms with van der Waals surface area (Å²) in [6.07, 6.45) is 6.68. The van der Waals surface area contributed by atoms with Gasteiger partial charge in [0, 0.05) is 24.5 Å². The summed E-state index contributed by atoms with van der Waals surface area (Å²) in [4.78, 5) is 8.71. The van der Waals surface area contributed by atoms with Crippen LogP contribution < -0.4 is 0 Å². The summed E-state index contributed by atoms with van der Waals surface area (Å²) < 4.78 is 2.05. The van der Waals surface area contributed by atoms with E-state index in [1.807, 2.05) is 35.2 Å². The molecular formula is C12H15N3. The Bertz CT molecular complexity index is 419. The molecular weight excluding hydrogens is 186 g/mol. The predicted molar refractivity (Wildman–Crippen MR) is 60.1 cm³/mol. The fraction of sp³-hybridized carbons (Fsp3) is 0.333. The second-order valence-corrected chi connectivity index (χ2v) is 3.65. The van der Waals surface area contributed by atoms with Crippen LogP contribution in [0.15, 0.2) is 36.8 Å². The van der Waals surface area contributed by atoms with E-state index in [1.165, 1.54) is 0 Å². The van der Waals surface area contributed by atoms with Gasteiger partial charge in [0.15, 0.2) is 0 Å². The first-order valence-corrected chi connectivity index (χ1v) is 5.27. The summed E-state index contributed by atoms with van der Waals surface area (Å²) in [5.41, 5.74) is 0. The van der Waals surface area contributed by atoms with Gasteiger partial charge in [-0.2, -0.15) is 0 Å². The monoisotopic (exact) mass is 201 g/mol. The fourth-order valence-electron chi connectivity index (χ4n) is 1.55. The zero-order valence-corrected chi connectivity index (χ0v) is 9.09. The number of pyridine rings is 1. The highest BCUT2D eigenvalue weighted by Gasteiger charge is 2.11. The molecule has 0 radical (unpaired) electrons. The molecule has 15 heavy (non-hydrogen) atoms. The van der Waals surface area contributed by atoms with Crippen molar-refractivity contribution >= 4 is 0 Å². The minimum absolute atomic E-state index is 0.460. The molecule has 0 aliphatic rings. The van der Waals surface area contributed by atoms with Crippen molar-refractivity contribution in [3.63, 3.8) is 0 Å². The first-order valence-electron chi connectivity index (χ1n) is 5.27. The Balaban J connectivity index is 2.41. The van der Waals surface area contributed by atoms with E-state index in [4.69, 9.17) is 0 Å². The third-order valence-corrected chi connectivity index (χ3v) is 2.62. The lowest BCUT2D eigenvalue weighted by Crippen LogP contribution is -2.05. The summed E-state index contributed by atoms with van der Waals surface area (Å²) in [6.45, 7) is 4.35. The molecule has 0 amide bonds. The topological polar surface area (TPSA) is 30.7 Å². The Morgan fingerprint density at radius 1 is 1.27 bits per heavy atom. The largest absolute Gasteiger partial charge is 0.288 e.